The summed E-state index contributed by atoms with van der Waals surface area (Å²) in [6, 6.07) is 11.9. The van der Waals surface area contributed by atoms with E-state index in [0.29, 0.717) is 22.8 Å². The van der Waals surface area contributed by atoms with Crippen LogP contribution < -0.4 is 10.6 Å². The fourth-order valence-electron chi connectivity index (χ4n) is 2.03. The van der Waals surface area contributed by atoms with Crippen molar-refractivity contribution in [2.24, 2.45) is 0 Å². The summed E-state index contributed by atoms with van der Waals surface area (Å²) >= 11 is 0. The molecule has 3 rings (SSSR count). The van der Waals surface area contributed by atoms with Gasteiger partial charge in [0.2, 0.25) is 5.91 Å². The quantitative estimate of drug-likeness (QED) is 0.689. The van der Waals surface area contributed by atoms with Crippen molar-refractivity contribution in [1.82, 2.24) is 10.2 Å². The van der Waals surface area contributed by atoms with Crippen LogP contribution in [0.15, 0.2) is 53.1 Å². The lowest BCUT2D eigenvalue weighted by Gasteiger charge is -2.05. The molecule has 116 valence electrons. The first-order chi connectivity index (χ1) is 11.1. The molecule has 0 radical (unpaired) electrons. The minimum absolute atomic E-state index is 0.149. The van der Waals surface area contributed by atoms with E-state index in [9.17, 15) is 9.59 Å². The minimum atomic E-state index is -0.341. The van der Waals surface area contributed by atoms with Crippen LogP contribution in [0.5, 0.6) is 0 Å². The first kappa shape index (κ1) is 14.6. The molecule has 1 aromatic carbocycles. The third-order valence-corrected chi connectivity index (χ3v) is 3.06. The molecule has 0 atom stereocenters. The van der Waals surface area contributed by atoms with E-state index in [2.05, 4.69) is 20.8 Å². The van der Waals surface area contributed by atoms with Crippen molar-refractivity contribution in [3.8, 4) is 11.5 Å². The summed E-state index contributed by atoms with van der Waals surface area (Å²) in [6.45, 7) is 1.43. The van der Waals surface area contributed by atoms with Crippen molar-refractivity contribution in [3.05, 3.63) is 54.4 Å². The lowest BCUT2D eigenvalue weighted by molar-refractivity contribution is -0.114. The van der Waals surface area contributed by atoms with Crippen LogP contribution in [-0.2, 0) is 4.79 Å². The SMILES string of the molecule is CC(=O)Nc1ccc(NC(=O)c2cc(-c3ccco3)[nH]n2)cc1. The third-order valence-electron chi connectivity index (χ3n) is 3.06. The molecule has 7 heteroatoms. The maximum Gasteiger partial charge on any atom is 0.276 e. The normalized spacial score (nSPS) is 10.3. The third kappa shape index (κ3) is 3.46. The van der Waals surface area contributed by atoms with Gasteiger partial charge < -0.3 is 15.1 Å². The van der Waals surface area contributed by atoms with E-state index in [4.69, 9.17) is 4.42 Å². The van der Waals surface area contributed by atoms with Gasteiger partial charge in [-0.1, -0.05) is 0 Å². The Bertz CT molecular complexity index is 819. The Morgan fingerprint density at radius 1 is 1.09 bits per heavy atom. The Labute approximate surface area is 131 Å². The van der Waals surface area contributed by atoms with Crippen LogP contribution in [0, 0.1) is 0 Å². The summed E-state index contributed by atoms with van der Waals surface area (Å²) in [5.74, 6) is 0.117. The van der Waals surface area contributed by atoms with E-state index < -0.39 is 0 Å². The summed E-state index contributed by atoms with van der Waals surface area (Å²) in [5.41, 5.74) is 2.14. The number of nitrogens with one attached hydrogen (secondary N) is 3. The van der Waals surface area contributed by atoms with E-state index in [-0.39, 0.29) is 17.5 Å². The largest absolute Gasteiger partial charge is 0.463 e. The number of nitrogens with zero attached hydrogens (tertiary/aromatic N) is 1. The molecule has 0 unspecified atom stereocenters. The molecule has 2 heterocycles. The first-order valence-electron chi connectivity index (χ1n) is 6.90. The molecular weight excluding hydrogens is 296 g/mol. The van der Waals surface area contributed by atoms with Crippen LogP contribution in [-0.4, -0.2) is 22.0 Å². The number of hydrogen-bond acceptors (Lipinski definition) is 4. The molecule has 7 nitrogen and oxygen atoms in total. The Kier molecular flexibility index (Phi) is 3.92. The summed E-state index contributed by atoms with van der Waals surface area (Å²) < 4.78 is 5.24. The number of aromatic amines is 1. The van der Waals surface area contributed by atoms with Crippen molar-refractivity contribution in [3.63, 3.8) is 0 Å². The van der Waals surface area contributed by atoms with Gasteiger partial charge in [0.15, 0.2) is 11.5 Å². The number of benzene rings is 1. The molecule has 3 aromatic rings. The summed E-state index contributed by atoms with van der Waals surface area (Å²) in [4.78, 5) is 23.1. The van der Waals surface area contributed by atoms with Crippen molar-refractivity contribution >= 4 is 23.2 Å². The average molecular weight is 310 g/mol. The maximum absolute atomic E-state index is 12.2. The minimum Gasteiger partial charge on any atom is -0.463 e. The highest BCUT2D eigenvalue weighted by Gasteiger charge is 2.13. The zero-order chi connectivity index (χ0) is 16.2. The molecule has 2 amide bonds. The number of rotatable bonds is 4. The van der Waals surface area contributed by atoms with E-state index in [1.165, 1.54) is 6.92 Å². The number of carbonyl (C=O) groups is 2. The van der Waals surface area contributed by atoms with Crippen LogP contribution in [0.3, 0.4) is 0 Å². The van der Waals surface area contributed by atoms with Gasteiger partial charge in [0.25, 0.3) is 5.91 Å². The lowest BCUT2D eigenvalue weighted by atomic mass is 10.2. The van der Waals surface area contributed by atoms with Gasteiger partial charge in [0.05, 0.1) is 6.26 Å². The first-order valence-corrected chi connectivity index (χ1v) is 6.90. The second kappa shape index (κ2) is 6.18. The molecule has 0 aliphatic heterocycles. The van der Waals surface area contributed by atoms with Crippen LogP contribution in [0.4, 0.5) is 11.4 Å². The van der Waals surface area contributed by atoms with Crippen molar-refractivity contribution in [1.29, 1.82) is 0 Å². The molecule has 0 bridgehead atoms. The van der Waals surface area contributed by atoms with E-state index in [1.54, 1.807) is 48.7 Å². The van der Waals surface area contributed by atoms with Gasteiger partial charge in [-0.25, -0.2) is 0 Å². The second-order valence-electron chi connectivity index (χ2n) is 4.86. The smallest absolute Gasteiger partial charge is 0.276 e. The second-order valence-corrected chi connectivity index (χ2v) is 4.86. The van der Waals surface area contributed by atoms with Gasteiger partial charge >= 0.3 is 0 Å². The molecule has 0 aliphatic carbocycles. The zero-order valence-electron chi connectivity index (χ0n) is 12.3. The monoisotopic (exact) mass is 310 g/mol. The van der Waals surface area contributed by atoms with Crippen LogP contribution in [0.25, 0.3) is 11.5 Å². The topological polar surface area (TPSA) is 100 Å². The van der Waals surface area contributed by atoms with Gasteiger partial charge in [0.1, 0.15) is 5.69 Å². The average Bonchev–Trinajstić information content (AvgIpc) is 3.19. The summed E-state index contributed by atoms with van der Waals surface area (Å²) in [5, 5.41) is 12.1. The van der Waals surface area contributed by atoms with Crippen molar-refractivity contribution in [2.75, 3.05) is 10.6 Å². The van der Waals surface area contributed by atoms with E-state index >= 15 is 0 Å². The highest BCUT2D eigenvalue weighted by Crippen LogP contribution is 2.19. The zero-order valence-corrected chi connectivity index (χ0v) is 12.3. The fourth-order valence-corrected chi connectivity index (χ4v) is 2.03. The Morgan fingerprint density at radius 2 is 1.78 bits per heavy atom. The number of H-pyrrole nitrogens is 1. The molecule has 2 aromatic heterocycles. The van der Waals surface area contributed by atoms with Gasteiger partial charge in [-0.2, -0.15) is 5.10 Å². The number of aromatic nitrogens is 2. The Balaban J connectivity index is 1.68. The Hall–Kier alpha value is -3.35. The number of hydrogen-bond donors (Lipinski definition) is 3. The standard InChI is InChI=1S/C16H14N4O3/c1-10(21)17-11-4-6-12(7-5-11)18-16(22)14-9-13(19-20-14)15-3-2-8-23-15/h2-9H,1H3,(H,17,21)(H,18,22)(H,19,20). The molecule has 0 aliphatic rings. The number of furan rings is 1. The van der Waals surface area contributed by atoms with Gasteiger partial charge in [0, 0.05) is 24.4 Å². The number of amides is 2. The predicted octanol–water partition coefficient (Wildman–Crippen LogP) is 2.88. The predicted molar refractivity (Wildman–Crippen MR) is 85.0 cm³/mol. The summed E-state index contributed by atoms with van der Waals surface area (Å²) in [7, 11) is 0. The molecular formula is C16H14N4O3. The molecule has 0 saturated carbocycles. The van der Waals surface area contributed by atoms with Gasteiger partial charge in [-0.3, -0.25) is 14.7 Å². The van der Waals surface area contributed by atoms with Crippen molar-refractivity contribution in [2.45, 2.75) is 6.92 Å². The van der Waals surface area contributed by atoms with E-state index in [0.717, 1.165) is 0 Å². The van der Waals surface area contributed by atoms with Crippen LogP contribution in [0.1, 0.15) is 17.4 Å². The van der Waals surface area contributed by atoms with Crippen LogP contribution >= 0.6 is 0 Å². The van der Waals surface area contributed by atoms with Crippen molar-refractivity contribution < 1.29 is 14.0 Å². The molecule has 3 N–H and O–H groups in total. The van der Waals surface area contributed by atoms with Crippen LogP contribution in [0.2, 0.25) is 0 Å². The maximum atomic E-state index is 12.2. The molecule has 0 spiro atoms. The lowest BCUT2D eigenvalue weighted by Crippen LogP contribution is -2.12. The molecule has 0 saturated heterocycles. The van der Waals surface area contributed by atoms with Gasteiger partial charge in [-0.05, 0) is 36.4 Å². The van der Waals surface area contributed by atoms with Gasteiger partial charge in [-0.15, -0.1) is 0 Å². The highest BCUT2D eigenvalue weighted by molar-refractivity contribution is 6.03. The summed E-state index contributed by atoms with van der Waals surface area (Å²) in [6.07, 6.45) is 1.55. The number of carbonyl (C=O) groups excluding carboxylic acids is 2. The Morgan fingerprint density at radius 3 is 2.39 bits per heavy atom. The molecule has 0 fully saturated rings. The fraction of sp³-hybridized carbons (Fsp3) is 0.0625. The highest BCUT2D eigenvalue weighted by atomic mass is 16.3. The molecule has 23 heavy (non-hydrogen) atoms. The van der Waals surface area contributed by atoms with E-state index in [1.807, 2.05) is 0 Å². The number of anilines is 2.